The molecule has 1 rings (SSSR count). The van der Waals surface area contributed by atoms with Crippen LogP contribution in [0.25, 0.3) is 0 Å². The van der Waals surface area contributed by atoms with Crippen molar-refractivity contribution in [2.45, 2.75) is 6.29 Å². The number of hydrogen-bond acceptors (Lipinski definition) is 5. The number of rotatable bonds is 7. The van der Waals surface area contributed by atoms with Gasteiger partial charge in [-0.05, 0) is 12.1 Å². The Morgan fingerprint density at radius 3 is 2.29 bits per heavy atom. The smallest absolute Gasteiger partial charge is 0.173 e. The second-order valence-corrected chi connectivity index (χ2v) is 3.35. The fourth-order valence-corrected chi connectivity index (χ4v) is 1.41. The van der Waals surface area contributed by atoms with E-state index in [0.29, 0.717) is 6.54 Å². The summed E-state index contributed by atoms with van der Waals surface area (Å²) in [5.74, 6) is 1.51. The molecule has 0 aromatic heterocycles. The van der Waals surface area contributed by atoms with Gasteiger partial charge < -0.3 is 24.3 Å². The number of benzene rings is 1. The summed E-state index contributed by atoms with van der Waals surface area (Å²) in [7, 11) is 6.44. The fraction of sp³-hybridized carbons (Fsp3) is 0.500. The van der Waals surface area contributed by atoms with Gasteiger partial charge >= 0.3 is 0 Å². The quantitative estimate of drug-likeness (QED) is 0.737. The van der Waals surface area contributed by atoms with Gasteiger partial charge in [-0.1, -0.05) is 0 Å². The summed E-state index contributed by atoms with van der Waals surface area (Å²) in [6, 6.07) is 5.55. The summed E-state index contributed by atoms with van der Waals surface area (Å²) in [4.78, 5) is 0. The van der Waals surface area contributed by atoms with Gasteiger partial charge in [-0.2, -0.15) is 0 Å². The fourth-order valence-electron chi connectivity index (χ4n) is 1.41. The SMILES string of the molecule is COc1ccc(OC)c(NCC(OC)OC)c1. The third-order valence-corrected chi connectivity index (χ3v) is 2.39. The lowest BCUT2D eigenvalue weighted by atomic mass is 10.2. The van der Waals surface area contributed by atoms with Crippen LogP contribution < -0.4 is 14.8 Å². The van der Waals surface area contributed by atoms with Crippen molar-refractivity contribution < 1.29 is 18.9 Å². The summed E-state index contributed by atoms with van der Waals surface area (Å²) in [6.45, 7) is 0.524. The summed E-state index contributed by atoms with van der Waals surface area (Å²) in [5, 5.41) is 3.19. The van der Waals surface area contributed by atoms with Crippen molar-refractivity contribution in [1.29, 1.82) is 0 Å². The molecule has 1 aromatic rings. The molecular weight excluding hydrogens is 222 g/mol. The van der Waals surface area contributed by atoms with Gasteiger partial charge in [-0.15, -0.1) is 0 Å². The number of anilines is 1. The molecule has 1 aromatic carbocycles. The highest BCUT2D eigenvalue weighted by Gasteiger charge is 2.08. The lowest BCUT2D eigenvalue weighted by Gasteiger charge is -2.17. The Balaban J connectivity index is 2.73. The van der Waals surface area contributed by atoms with Crippen LogP contribution in [0.1, 0.15) is 0 Å². The molecule has 5 nitrogen and oxygen atoms in total. The molecule has 0 atom stereocenters. The normalized spacial score (nSPS) is 10.4. The molecule has 0 bridgehead atoms. The van der Waals surface area contributed by atoms with Crippen molar-refractivity contribution in [1.82, 2.24) is 0 Å². The first kappa shape index (κ1) is 13.6. The van der Waals surface area contributed by atoms with E-state index < -0.39 is 0 Å². The van der Waals surface area contributed by atoms with Gasteiger partial charge in [0.15, 0.2) is 6.29 Å². The highest BCUT2D eigenvalue weighted by molar-refractivity contribution is 5.59. The Kier molecular flexibility index (Phi) is 5.59. The van der Waals surface area contributed by atoms with Gasteiger partial charge in [0.1, 0.15) is 11.5 Å². The standard InChI is InChI=1S/C12H19NO4/c1-14-9-5-6-11(15-2)10(7-9)13-8-12(16-3)17-4/h5-7,12-13H,8H2,1-4H3. The van der Waals surface area contributed by atoms with Crippen LogP contribution >= 0.6 is 0 Å². The number of nitrogens with one attached hydrogen (secondary N) is 1. The third-order valence-electron chi connectivity index (χ3n) is 2.39. The summed E-state index contributed by atoms with van der Waals surface area (Å²) >= 11 is 0. The van der Waals surface area contributed by atoms with Crippen molar-refractivity contribution in [2.75, 3.05) is 40.3 Å². The second-order valence-electron chi connectivity index (χ2n) is 3.35. The zero-order valence-corrected chi connectivity index (χ0v) is 10.6. The van der Waals surface area contributed by atoms with Crippen LogP contribution in [-0.2, 0) is 9.47 Å². The van der Waals surface area contributed by atoms with Crippen LogP contribution in [0.4, 0.5) is 5.69 Å². The zero-order chi connectivity index (χ0) is 12.7. The summed E-state index contributed by atoms with van der Waals surface area (Å²) in [6.07, 6.45) is -0.300. The van der Waals surface area contributed by atoms with Crippen LogP contribution in [0.15, 0.2) is 18.2 Å². The van der Waals surface area contributed by atoms with Gasteiger partial charge in [0.2, 0.25) is 0 Å². The maximum absolute atomic E-state index is 5.24. The Hall–Kier alpha value is -1.46. The molecule has 0 saturated carbocycles. The molecule has 0 fully saturated rings. The van der Waals surface area contributed by atoms with E-state index >= 15 is 0 Å². The highest BCUT2D eigenvalue weighted by Crippen LogP contribution is 2.28. The monoisotopic (exact) mass is 241 g/mol. The van der Waals surface area contributed by atoms with E-state index in [9.17, 15) is 0 Å². The minimum absolute atomic E-state index is 0.300. The van der Waals surface area contributed by atoms with Crippen molar-refractivity contribution in [3.63, 3.8) is 0 Å². The Labute approximate surface area is 102 Å². The van der Waals surface area contributed by atoms with Gasteiger partial charge in [0.05, 0.1) is 26.5 Å². The van der Waals surface area contributed by atoms with Gasteiger partial charge in [-0.25, -0.2) is 0 Å². The molecule has 17 heavy (non-hydrogen) atoms. The van der Waals surface area contributed by atoms with Crippen LogP contribution in [0.2, 0.25) is 0 Å². The molecule has 0 aliphatic heterocycles. The van der Waals surface area contributed by atoms with Crippen molar-refractivity contribution in [3.05, 3.63) is 18.2 Å². The van der Waals surface area contributed by atoms with E-state index in [-0.39, 0.29) is 6.29 Å². The number of hydrogen-bond donors (Lipinski definition) is 1. The summed E-state index contributed by atoms with van der Waals surface area (Å²) < 4.78 is 20.6. The molecule has 0 spiro atoms. The third kappa shape index (κ3) is 3.80. The molecule has 0 aliphatic carbocycles. The molecule has 1 N–H and O–H groups in total. The number of ether oxygens (including phenoxy) is 4. The Morgan fingerprint density at radius 2 is 1.76 bits per heavy atom. The predicted molar refractivity (Wildman–Crippen MR) is 65.8 cm³/mol. The molecule has 0 amide bonds. The molecule has 5 heteroatoms. The summed E-state index contributed by atoms with van der Waals surface area (Å²) in [5.41, 5.74) is 0.839. The van der Waals surface area contributed by atoms with Gasteiger partial charge in [0.25, 0.3) is 0 Å². The van der Waals surface area contributed by atoms with Crippen LogP contribution in [0.3, 0.4) is 0 Å². The molecule has 0 radical (unpaired) electrons. The van der Waals surface area contributed by atoms with Gasteiger partial charge in [-0.3, -0.25) is 0 Å². The maximum Gasteiger partial charge on any atom is 0.173 e. The molecule has 0 unspecified atom stereocenters. The lowest BCUT2D eigenvalue weighted by Crippen LogP contribution is -2.23. The average Bonchev–Trinajstić information content (AvgIpc) is 2.39. The second kappa shape index (κ2) is 6.98. The van der Waals surface area contributed by atoms with E-state index in [2.05, 4.69) is 5.32 Å². The average molecular weight is 241 g/mol. The molecular formula is C12H19NO4. The van der Waals surface area contributed by atoms with E-state index in [0.717, 1.165) is 17.2 Å². The van der Waals surface area contributed by atoms with E-state index in [1.165, 1.54) is 0 Å². The molecule has 0 saturated heterocycles. The van der Waals surface area contributed by atoms with Gasteiger partial charge in [0, 0.05) is 20.3 Å². The van der Waals surface area contributed by atoms with Crippen molar-refractivity contribution in [2.24, 2.45) is 0 Å². The molecule has 0 aliphatic rings. The first-order valence-corrected chi connectivity index (χ1v) is 5.26. The van der Waals surface area contributed by atoms with E-state index in [1.54, 1.807) is 28.4 Å². The Morgan fingerprint density at radius 1 is 1.06 bits per heavy atom. The minimum atomic E-state index is -0.300. The largest absolute Gasteiger partial charge is 0.497 e. The predicted octanol–water partition coefficient (Wildman–Crippen LogP) is 1.73. The first-order valence-electron chi connectivity index (χ1n) is 5.26. The van der Waals surface area contributed by atoms with E-state index in [1.807, 2.05) is 18.2 Å². The minimum Gasteiger partial charge on any atom is -0.497 e. The van der Waals surface area contributed by atoms with Crippen molar-refractivity contribution >= 4 is 5.69 Å². The molecule has 96 valence electrons. The number of methoxy groups -OCH3 is 4. The van der Waals surface area contributed by atoms with Crippen molar-refractivity contribution in [3.8, 4) is 11.5 Å². The lowest BCUT2D eigenvalue weighted by molar-refractivity contribution is -0.0914. The van der Waals surface area contributed by atoms with E-state index in [4.69, 9.17) is 18.9 Å². The highest BCUT2D eigenvalue weighted by atomic mass is 16.7. The van der Waals surface area contributed by atoms with Crippen LogP contribution in [-0.4, -0.2) is 41.3 Å². The maximum atomic E-state index is 5.24. The first-order chi connectivity index (χ1) is 8.24. The zero-order valence-electron chi connectivity index (χ0n) is 10.6. The van der Waals surface area contributed by atoms with Crippen LogP contribution in [0.5, 0.6) is 11.5 Å². The van der Waals surface area contributed by atoms with Crippen LogP contribution in [0, 0.1) is 0 Å². The molecule has 0 heterocycles. The topological polar surface area (TPSA) is 49.0 Å². The Bertz CT molecular complexity index is 339.